The minimum atomic E-state index is -4.97. The highest BCUT2D eigenvalue weighted by atomic mass is 32.2. The largest absolute Gasteiger partial charge is 0.494 e. The Hall–Kier alpha value is -1.28. The van der Waals surface area contributed by atoms with Crippen LogP contribution in [-0.4, -0.2) is 21.2 Å². The predicted octanol–water partition coefficient (Wildman–Crippen LogP) is 1.98. The molecule has 1 atom stereocenters. The number of sulfonamides is 1. The van der Waals surface area contributed by atoms with E-state index < -0.39 is 27.0 Å². The molecule has 0 bridgehead atoms. The van der Waals surface area contributed by atoms with Gasteiger partial charge in [-0.1, -0.05) is 12.1 Å². The van der Waals surface area contributed by atoms with E-state index >= 15 is 0 Å². The normalized spacial score (nSPS) is 14.3. The Morgan fingerprint density at radius 3 is 2.44 bits per heavy atom. The summed E-state index contributed by atoms with van der Waals surface area (Å²) in [6.07, 6.45) is -4.97. The lowest BCUT2D eigenvalue weighted by atomic mass is 10.1. The van der Waals surface area contributed by atoms with Gasteiger partial charge in [-0.15, -0.1) is 0 Å². The maximum atomic E-state index is 12.7. The van der Waals surface area contributed by atoms with E-state index in [1.807, 2.05) is 0 Å². The van der Waals surface area contributed by atoms with Gasteiger partial charge in [-0.25, -0.2) is 13.6 Å². The van der Waals surface area contributed by atoms with Gasteiger partial charge in [0.2, 0.25) is 10.0 Å². The maximum Gasteiger partial charge on any atom is 0.410 e. The molecule has 0 spiro atoms. The second kappa shape index (κ2) is 5.15. The van der Waals surface area contributed by atoms with Gasteiger partial charge in [0.25, 0.3) is 0 Å². The first-order valence-electron chi connectivity index (χ1n) is 4.97. The molecule has 2 N–H and O–H groups in total. The van der Waals surface area contributed by atoms with Crippen LogP contribution >= 0.6 is 0 Å². The third-order valence-electron chi connectivity index (χ3n) is 2.10. The molecular weight excluding hydrogens is 271 g/mol. The number of nitrogens with two attached hydrogens (primary N) is 1. The first-order valence-corrected chi connectivity index (χ1v) is 6.58. The lowest BCUT2D eigenvalue weighted by molar-refractivity contribution is -0.131. The predicted molar refractivity (Wildman–Crippen MR) is 59.5 cm³/mol. The average molecular weight is 283 g/mol. The third kappa shape index (κ3) is 3.61. The van der Waals surface area contributed by atoms with Crippen LogP contribution < -0.4 is 9.88 Å². The van der Waals surface area contributed by atoms with E-state index in [4.69, 9.17) is 4.74 Å². The maximum absolute atomic E-state index is 12.7. The van der Waals surface area contributed by atoms with Crippen molar-refractivity contribution in [3.8, 4) is 5.75 Å². The number of halogens is 3. The lowest BCUT2D eigenvalue weighted by Crippen LogP contribution is -2.33. The quantitative estimate of drug-likeness (QED) is 0.918. The van der Waals surface area contributed by atoms with Crippen molar-refractivity contribution in [3.63, 3.8) is 0 Å². The molecule has 1 aromatic carbocycles. The van der Waals surface area contributed by atoms with E-state index in [1.165, 1.54) is 12.1 Å². The van der Waals surface area contributed by atoms with E-state index in [-0.39, 0.29) is 12.4 Å². The van der Waals surface area contributed by atoms with Gasteiger partial charge in [0.15, 0.2) is 5.25 Å². The van der Waals surface area contributed by atoms with Crippen molar-refractivity contribution in [1.29, 1.82) is 0 Å². The number of rotatable bonds is 4. The fraction of sp³-hybridized carbons (Fsp3) is 0.400. The minimum Gasteiger partial charge on any atom is -0.494 e. The van der Waals surface area contributed by atoms with Crippen molar-refractivity contribution in [1.82, 2.24) is 0 Å². The van der Waals surface area contributed by atoms with E-state index in [0.717, 1.165) is 12.1 Å². The molecule has 1 unspecified atom stereocenters. The first kappa shape index (κ1) is 14.8. The molecule has 8 heteroatoms. The summed E-state index contributed by atoms with van der Waals surface area (Å²) in [6, 6.07) is 4.78. The number of alkyl halides is 3. The average Bonchev–Trinajstić information content (AvgIpc) is 2.13. The molecule has 4 nitrogen and oxygen atoms in total. The number of benzene rings is 1. The minimum absolute atomic E-state index is 0.160. The highest BCUT2D eigenvalue weighted by Crippen LogP contribution is 2.38. The highest BCUT2D eigenvalue weighted by Gasteiger charge is 2.48. The van der Waals surface area contributed by atoms with Crippen LogP contribution in [0.3, 0.4) is 0 Å². The second-order valence-corrected chi connectivity index (χ2v) is 5.17. The third-order valence-corrected chi connectivity index (χ3v) is 3.29. The second-order valence-electron chi connectivity index (χ2n) is 3.52. The van der Waals surface area contributed by atoms with Crippen LogP contribution in [-0.2, 0) is 10.0 Å². The molecule has 102 valence electrons. The molecule has 18 heavy (non-hydrogen) atoms. The fourth-order valence-corrected chi connectivity index (χ4v) is 2.40. The van der Waals surface area contributed by atoms with Gasteiger partial charge in [0, 0.05) is 0 Å². The summed E-state index contributed by atoms with van der Waals surface area (Å²) in [7, 11) is -4.79. The van der Waals surface area contributed by atoms with Crippen molar-refractivity contribution < 1.29 is 26.3 Å². The van der Waals surface area contributed by atoms with Gasteiger partial charge in [-0.2, -0.15) is 13.2 Å². The SMILES string of the molecule is CCOc1cccc(C(C(F)(F)F)S(N)(=O)=O)c1. The highest BCUT2D eigenvalue weighted by molar-refractivity contribution is 7.89. The van der Waals surface area contributed by atoms with Gasteiger partial charge in [-0.05, 0) is 24.6 Å². The smallest absolute Gasteiger partial charge is 0.410 e. The van der Waals surface area contributed by atoms with Crippen LogP contribution in [0.4, 0.5) is 13.2 Å². The van der Waals surface area contributed by atoms with E-state index in [9.17, 15) is 21.6 Å². The van der Waals surface area contributed by atoms with Crippen LogP contribution in [0.2, 0.25) is 0 Å². The molecular formula is C10H12F3NO3S. The van der Waals surface area contributed by atoms with E-state index in [2.05, 4.69) is 5.14 Å². The van der Waals surface area contributed by atoms with Crippen LogP contribution in [0.1, 0.15) is 17.7 Å². The summed E-state index contributed by atoms with van der Waals surface area (Å²) >= 11 is 0. The zero-order valence-corrected chi connectivity index (χ0v) is 10.3. The van der Waals surface area contributed by atoms with E-state index in [0.29, 0.717) is 0 Å². The van der Waals surface area contributed by atoms with Gasteiger partial charge in [0.05, 0.1) is 6.61 Å². The fourth-order valence-electron chi connectivity index (χ4n) is 1.50. The molecule has 0 aromatic heterocycles. The van der Waals surface area contributed by atoms with Crippen LogP contribution in [0.15, 0.2) is 24.3 Å². The van der Waals surface area contributed by atoms with Gasteiger partial charge < -0.3 is 4.74 Å². The Labute approximate surface area is 103 Å². The topological polar surface area (TPSA) is 69.4 Å². The lowest BCUT2D eigenvalue weighted by Gasteiger charge is -2.19. The molecule has 0 saturated carbocycles. The van der Waals surface area contributed by atoms with Crippen molar-refractivity contribution in [3.05, 3.63) is 29.8 Å². The van der Waals surface area contributed by atoms with Crippen LogP contribution in [0, 0.1) is 0 Å². The Morgan fingerprint density at radius 1 is 1.39 bits per heavy atom. The van der Waals surface area contributed by atoms with Crippen molar-refractivity contribution >= 4 is 10.0 Å². The summed E-state index contributed by atoms with van der Waals surface area (Å²) in [5.41, 5.74) is -0.462. The van der Waals surface area contributed by atoms with Gasteiger partial charge in [0.1, 0.15) is 5.75 Å². The van der Waals surface area contributed by atoms with E-state index in [1.54, 1.807) is 6.92 Å². The number of primary sulfonamides is 1. The molecule has 1 rings (SSSR count). The van der Waals surface area contributed by atoms with Crippen LogP contribution in [0.5, 0.6) is 5.75 Å². The van der Waals surface area contributed by atoms with Crippen LogP contribution in [0.25, 0.3) is 0 Å². The number of ether oxygens (including phenoxy) is 1. The monoisotopic (exact) mass is 283 g/mol. The van der Waals surface area contributed by atoms with Crippen molar-refractivity contribution in [2.24, 2.45) is 5.14 Å². The number of hydrogen-bond acceptors (Lipinski definition) is 3. The first-order chi connectivity index (χ1) is 8.16. The molecule has 0 saturated heterocycles. The molecule has 1 aromatic rings. The Morgan fingerprint density at radius 2 is 2.00 bits per heavy atom. The summed E-state index contributed by atoms with van der Waals surface area (Å²) in [6.45, 7) is 1.92. The Balaban J connectivity index is 3.27. The molecule has 0 amide bonds. The Bertz CT molecular complexity index is 513. The van der Waals surface area contributed by atoms with Gasteiger partial charge >= 0.3 is 6.18 Å². The zero-order chi connectivity index (χ0) is 14.0. The summed E-state index contributed by atoms with van der Waals surface area (Å²) < 4.78 is 65.3. The Kier molecular flexibility index (Phi) is 4.23. The van der Waals surface area contributed by atoms with Crippen molar-refractivity contribution in [2.45, 2.75) is 18.3 Å². The van der Waals surface area contributed by atoms with Gasteiger partial charge in [-0.3, -0.25) is 0 Å². The van der Waals surface area contributed by atoms with Crippen molar-refractivity contribution in [2.75, 3.05) is 6.61 Å². The standard InChI is InChI=1S/C10H12F3NO3S/c1-2-17-8-5-3-4-7(6-8)9(10(11,12)13)18(14,15)16/h3-6,9H,2H2,1H3,(H2,14,15,16). The summed E-state index contributed by atoms with van der Waals surface area (Å²) in [4.78, 5) is 0. The summed E-state index contributed by atoms with van der Waals surface area (Å²) in [5, 5.41) is 1.89. The number of hydrogen-bond donors (Lipinski definition) is 1. The molecule has 0 aliphatic carbocycles. The molecule has 0 aliphatic heterocycles. The molecule has 0 radical (unpaired) electrons. The zero-order valence-electron chi connectivity index (χ0n) is 9.44. The molecule has 0 fully saturated rings. The molecule has 0 aliphatic rings. The summed E-state index contributed by atoms with van der Waals surface area (Å²) in [5.74, 6) is 0.160. The molecule has 0 heterocycles.